The highest BCUT2D eigenvalue weighted by molar-refractivity contribution is 5.91. The molecule has 3 atom stereocenters. The summed E-state index contributed by atoms with van der Waals surface area (Å²) in [5.41, 5.74) is 1.92. The third-order valence-corrected chi connectivity index (χ3v) is 7.81. The zero-order valence-electron chi connectivity index (χ0n) is 24.4. The molecule has 0 aliphatic carbocycles. The van der Waals surface area contributed by atoms with E-state index in [0.717, 1.165) is 28.3 Å². The number of aromatic nitrogens is 2. The summed E-state index contributed by atoms with van der Waals surface area (Å²) in [7, 11) is 3.90. The zero-order chi connectivity index (χ0) is 29.8. The molecule has 0 spiro atoms. The number of amides is 2. The molecule has 1 unspecified atom stereocenters. The number of rotatable bonds is 8. The number of nitrogens with zero attached hydrogens (tertiary/aromatic N) is 6. The number of benzene rings is 2. The van der Waals surface area contributed by atoms with E-state index in [4.69, 9.17) is 9.72 Å². The lowest BCUT2D eigenvalue weighted by Crippen LogP contribution is -2.55. The number of carbonyl (C=O) groups is 2. The van der Waals surface area contributed by atoms with Crippen LogP contribution in [0.1, 0.15) is 47.6 Å². The lowest BCUT2D eigenvalue weighted by Gasteiger charge is -2.41. The van der Waals surface area contributed by atoms with Gasteiger partial charge in [0.1, 0.15) is 11.9 Å². The highest BCUT2D eigenvalue weighted by Gasteiger charge is 2.35. The number of likely N-dealkylation sites (N-methyl/N-ethyl adjacent to an activating group) is 1. The van der Waals surface area contributed by atoms with E-state index in [2.05, 4.69) is 52.1 Å². The Morgan fingerprint density at radius 3 is 2.76 bits per heavy atom. The van der Waals surface area contributed by atoms with Gasteiger partial charge in [-0.25, -0.2) is 4.98 Å². The number of nitriles is 1. The molecule has 2 aromatic carbocycles. The van der Waals surface area contributed by atoms with Crippen molar-refractivity contribution in [3.8, 4) is 11.9 Å². The van der Waals surface area contributed by atoms with Crippen LogP contribution in [0.2, 0.25) is 0 Å². The summed E-state index contributed by atoms with van der Waals surface area (Å²) in [6.45, 7) is 7.53. The van der Waals surface area contributed by atoms with Crippen LogP contribution in [0.3, 0.4) is 0 Å². The Morgan fingerprint density at radius 2 is 2.00 bits per heavy atom. The summed E-state index contributed by atoms with van der Waals surface area (Å²) in [5, 5.41) is 14.7. The van der Waals surface area contributed by atoms with E-state index < -0.39 is 0 Å². The first-order valence-electron chi connectivity index (χ1n) is 14.3. The Labute approximate surface area is 246 Å². The molecular formula is C32H37N7O3. The number of hydrogen-bond donors (Lipinski definition) is 1. The van der Waals surface area contributed by atoms with Crippen LogP contribution in [-0.2, 0) is 11.2 Å². The van der Waals surface area contributed by atoms with E-state index in [1.54, 1.807) is 4.90 Å². The van der Waals surface area contributed by atoms with Crippen LogP contribution >= 0.6 is 0 Å². The molecular weight excluding hydrogens is 530 g/mol. The summed E-state index contributed by atoms with van der Waals surface area (Å²) in [6, 6.07) is 16.2. The van der Waals surface area contributed by atoms with E-state index in [9.17, 15) is 14.9 Å². The molecule has 218 valence electrons. The molecule has 0 bridgehead atoms. The first kappa shape index (κ1) is 29.0. The topological polar surface area (TPSA) is 115 Å². The van der Waals surface area contributed by atoms with Crippen LogP contribution in [-0.4, -0.2) is 83.9 Å². The Bertz CT molecular complexity index is 1530. The quantitative estimate of drug-likeness (QED) is 0.412. The van der Waals surface area contributed by atoms with Crippen LogP contribution in [0.5, 0.6) is 5.88 Å². The number of carbonyl (C=O) groups excluding carboxylic acids is 2. The molecule has 1 fully saturated rings. The standard InChI is InChI=1S/C32H37N7O3/c1-5-28(40)39-18-17-38(20-23(39)15-16-33)30-26-13-14-27(25-12-8-10-22-9-6-7-11-24(22)25)42-32(26)36-29(35-30)31(41)34-21(2)19-37(3)4/h5-12,21,23,27H,1,13-15,17-20H2,2-4H3,(H,34,41)/t21-,23+,27?/m1/s1. The third kappa shape index (κ3) is 6.06. The van der Waals surface area contributed by atoms with Gasteiger partial charge in [-0.15, -0.1) is 0 Å². The van der Waals surface area contributed by atoms with Crippen LogP contribution < -0.4 is 15.0 Å². The van der Waals surface area contributed by atoms with Crippen molar-refractivity contribution in [2.75, 3.05) is 45.2 Å². The zero-order valence-corrected chi connectivity index (χ0v) is 24.4. The van der Waals surface area contributed by atoms with Crippen LogP contribution in [0.4, 0.5) is 5.82 Å². The predicted octanol–water partition coefficient (Wildman–Crippen LogP) is 3.49. The number of fused-ring (bicyclic) bond motifs is 2. The fourth-order valence-corrected chi connectivity index (χ4v) is 5.97. The molecule has 3 heterocycles. The van der Waals surface area contributed by atoms with Crippen molar-refractivity contribution in [3.63, 3.8) is 0 Å². The van der Waals surface area contributed by atoms with Crippen molar-refractivity contribution >= 4 is 28.4 Å². The maximum atomic E-state index is 13.4. The highest BCUT2D eigenvalue weighted by atomic mass is 16.5. The number of anilines is 1. The largest absolute Gasteiger partial charge is 0.469 e. The fourth-order valence-electron chi connectivity index (χ4n) is 5.97. The normalized spacial score (nSPS) is 19.0. The van der Waals surface area contributed by atoms with Crippen LogP contribution in [0, 0.1) is 11.3 Å². The van der Waals surface area contributed by atoms with Gasteiger partial charge in [0.15, 0.2) is 0 Å². The van der Waals surface area contributed by atoms with Crippen molar-refractivity contribution in [1.29, 1.82) is 5.26 Å². The van der Waals surface area contributed by atoms with Crippen LogP contribution in [0.15, 0.2) is 55.1 Å². The van der Waals surface area contributed by atoms with E-state index >= 15 is 0 Å². The molecule has 0 saturated carbocycles. The van der Waals surface area contributed by atoms with Gasteiger partial charge in [0.05, 0.1) is 24.1 Å². The monoisotopic (exact) mass is 567 g/mol. The lowest BCUT2D eigenvalue weighted by atomic mass is 9.94. The van der Waals surface area contributed by atoms with Gasteiger partial charge in [-0.1, -0.05) is 49.0 Å². The average molecular weight is 568 g/mol. The van der Waals surface area contributed by atoms with Crippen LogP contribution in [0.25, 0.3) is 10.8 Å². The molecule has 0 radical (unpaired) electrons. The Hall–Kier alpha value is -4.49. The van der Waals surface area contributed by atoms with E-state index in [0.29, 0.717) is 44.3 Å². The first-order chi connectivity index (χ1) is 20.3. The van der Waals surface area contributed by atoms with Gasteiger partial charge < -0.3 is 24.8 Å². The van der Waals surface area contributed by atoms with Gasteiger partial charge >= 0.3 is 0 Å². The maximum absolute atomic E-state index is 13.4. The Balaban J connectivity index is 1.51. The molecule has 2 aliphatic heterocycles. The van der Waals surface area contributed by atoms with Gasteiger partial charge in [-0.3, -0.25) is 9.59 Å². The van der Waals surface area contributed by atoms with Crippen molar-refractivity contribution < 1.29 is 14.3 Å². The third-order valence-electron chi connectivity index (χ3n) is 7.81. The minimum Gasteiger partial charge on any atom is -0.469 e. The molecule has 10 heteroatoms. The smallest absolute Gasteiger partial charge is 0.289 e. The summed E-state index contributed by atoms with van der Waals surface area (Å²) in [6.07, 6.45) is 2.61. The van der Waals surface area contributed by atoms with Gasteiger partial charge in [0.25, 0.3) is 5.91 Å². The van der Waals surface area contributed by atoms with E-state index in [-0.39, 0.29) is 42.2 Å². The molecule has 3 aromatic rings. The fraction of sp³-hybridized carbons (Fsp3) is 0.406. The number of nitrogens with one attached hydrogen (secondary N) is 1. The van der Waals surface area contributed by atoms with E-state index in [1.807, 2.05) is 44.1 Å². The number of ether oxygens (including phenoxy) is 1. The first-order valence-corrected chi connectivity index (χ1v) is 14.3. The molecule has 2 amide bonds. The highest BCUT2D eigenvalue weighted by Crippen LogP contribution is 2.40. The summed E-state index contributed by atoms with van der Waals surface area (Å²) in [5.74, 6) is 0.481. The van der Waals surface area contributed by atoms with Crippen molar-refractivity contribution in [3.05, 3.63) is 72.1 Å². The summed E-state index contributed by atoms with van der Waals surface area (Å²) in [4.78, 5) is 41.1. The van der Waals surface area contributed by atoms with Gasteiger partial charge in [-0.2, -0.15) is 10.2 Å². The predicted molar refractivity (Wildman–Crippen MR) is 161 cm³/mol. The van der Waals surface area contributed by atoms with Crippen molar-refractivity contribution in [1.82, 2.24) is 25.1 Å². The SMILES string of the molecule is C=CC(=O)N1CCN(c2nc(C(=O)N[C@H](C)CN(C)C)nc3c2CCC(c2cccc4ccccc24)O3)C[C@@H]1CC#N. The molecule has 5 rings (SSSR count). The average Bonchev–Trinajstić information content (AvgIpc) is 2.99. The molecule has 1 aromatic heterocycles. The summed E-state index contributed by atoms with van der Waals surface area (Å²) >= 11 is 0. The molecule has 2 aliphatic rings. The van der Waals surface area contributed by atoms with Gasteiger partial charge in [-0.05, 0) is 50.7 Å². The van der Waals surface area contributed by atoms with Crippen molar-refractivity contribution in [2.24, 2.45) is 0 Å². The molecule has 42 heavy (non-hydrogen) atoms. The molecule has 1 N–H and O–H groups in total. The van der Waals surface area contributed by atoms with Gasteiger partial charge in [0, 0.05) is 37.8 Å². The number of hydrogen-bond acceptors (Lipinski definition) is 8. The second-order valence-corrected chi connectivity index (χ2v) is 11.2. The van der Waals surface area contributed by atoms with Gasteiger partial charge in [0.2, 0.25) is 17.6 Å². The minimum absolute atomic E-state index is 0.0364. The Kier molecular flexibility index (Phi) is 8.69. The van der Waals surface area contributed by atoms with E-state index in [1.165, 1.54) is 6.08 Å². The molecule has 1 saturated heterocycles. The second-order valence-electron chi connectivity index (χ2n) is 11.2. The van der Waals surface area contributed by atoms with Crippen molar-refractivity contribution in [2.45, 2.75) is 44.4 Å². The second kappa shape index (κ2) is 12.6. The maximum Gasteiger partial charge on any atom is 0.289 e. The minimum atomic E-state index is -0.377. The lowest BCUT2D eigenvalue weighted by molar-refractivity contribution is -0.128. The number of piperazine rings is 1. The molecule has 10 nitrogen and oxygen atoms in total. The summed E-state index contributed by atoms with van der Waals surface area (Å²) < 4.78 is 6.57. The Morgan fingerprint density at radius 1 is 1.21 bits per heavy atom.